The fourth-order valence-electron chi connectivity index (χ4n) is 2.36. The lowest BCUT2D eigenvalue weighted by molar-refractivity contribution is -0.140. The normalized spacial score (nSPS) is 12.4. The molecule has 0 unspecified atom stereocenters. The van der Waals surface area contributed by atoms with Crippen LogP contribution >= 0.6 is 0 Å². The third-order valence-corrected chi connectivity index (χ3v) is 6.48. The molecule has 0 saturated carbocycles. The molecule has 1 aromatic carbocycles. The summed E-state index contributed by atoms with van der Waals surface area (Å²) in [6.45, 7) is 6.75. The van der Waals surface area contributed by atoms with Crippen LogP contribution in [0, 0.1) is 13.8 Å². The van der Waals surface area contributed by atoms with Crippen LogP contribution in [0.5, 0.6) is 0 Å². The number of rotatable bonds is 5. The van der Waals surface area contributed by atoms with Crippen LogP contribution in [0.1, 0.15) is 37.8 Å². The summed E-state index contributed by atoms with van der Waals surface area (Å²) in [5, 5.41) is 9.39. The highest BCUT2D eigenvalue weighted by Crippen LogP contribution is 2.34. The topological polar surface area (TPSA) is 71.4 Å². The zero-order valence-electron chi connectivity index (χ0n) is 11.7. The molecule has 0 saturated heterocycles. The second-order valence-electron chi connectivity index (χ2n) is 4.78. The molecule has 0 heterocycles. The van der Waals surface area contributed by atoms with E-state index in [9.17, 15) is 18.3 Å². The molecule has 5 heteroatoms. The highest BCUT2D eigenvalue weighted by atomic mass is 32.2. The molecule has 4 nitrogen and oxygen atoms in total. The first kappa shape index (κ1) is 15.7. The van der Waals surface area contributed by atoms with Crippen LogP contribution < -0.4 is 0 Å². The largest absolute Gasteiger partial charge is 0.480 e. The molecule has 0 aliphatic heterocycles. The Labute approximate surface area is 114 Å². The van der Waals surface area contributed by atoms with E-state index in [1.807, 2.05) is 6.92 Å². The summed E-state index contributed by atoms with van der Waals surface area (Å²) >= 11 is 0. The fraction of sp³-hybridized carbons (Fsp3) is 0.500. The Morgan fingerprint density at radius 3 is 2.11 bits per heavy atom. The number of benzene rings is 1. The number of aliphatic carboxylic acids is 1. The second-order valence-corrected chi connectivity index (χ2v) is 7.01. The summed E-state index contributed by atoms with van der Waals surface area (Å²) < 4.78 is 23.7. The van der Waals surface area contributed by atoms with Gasteiger partial charge in [-0.3, -0.25) is 4.79 Å². The van der Waals surface area contributed by atoms with Gasteiger partial charge < -0.3 is 5.11 Å². The van der Waals surface area contributed by atoms with Crippen LogP contribution in [0.25, 0.3) is 0 Å². The minimum Gasteiger partial charge on any atom is -0.480 e. The molecule has 1 rings (SSSR count). The number of aryl methyl sites for hydroxylation is 2. The number of hydrogen-bond donors (Lipinski definition) is 1. The Bertz CT molecular complexity index is 583. The third-order valence-electron chi connectivity index (χ3n) is 3.67. The highest BCUT2D eigenvalue weighted by Gasteiger charge is 2.49. The van der Waals surface area contributed by atoms with E-state index < -0.39 is 20.6 Å². The summed E-state index contributed by atoms with van der Waals surface area (Å²) in [4.78, 5) is 11.6. The summed E-state index contributed by atoms with van der Waals surface area (Å²) in [6, 6.07) is 4.95. The molecule has 106 valence electrons. The molecule has 0 aliphatic carbocycles. The Hall–Kier alpha value is -1.36. The third kappa shape index (κ3) is 2.39. The first-order chi connectivity index (χ1) is 8.72. The van der Waals surface area contributed by atoms with E-state index in [2.05, 4.69) is 0 Å². The Morgan fingerprint density at radius 2 is 1.74 bits per heavy atom. The summed E-state index contributed by atoms with van der Waals surface area (Å²) in [6.07, 6.45) is 0.100. The zero-order valence-corrected chi connectivity index (χ0v) is 12.5. The molecular weight excluding hydrogens is 264 g/mol. The van der Waals surface area contributed by atoms with Crippen LogP contribution in [0.2, 0.25) is 0 Å². The first-order valence-electron chi connectivity index (χ1n) is 6.28. The average Bonchev–Trinajstić information content (AvgIpc) is 2.29. The van der Waals surface area contributed by atoms with Gasteiger partial charge in [-0.15, -0.1) is 0 Å². The van der Waals surface area contributed by atoms with Gasteiger partial charge in [-0.1, -0.05) is 31.5 Å². The molecule has 1 aromatic rings. The molecule has 19 heavy (non-hydrogen) atoms. The standard InChI is InChI=1S/C14H20O4S/c1-5-14(6-2,13(15)16)19(17,18)12-8-7-10(3)9-11(12)4/h7-9H,5-6H2,1-4H3,(H,15,16). The van der Waals surface area contributed by atoms with Gasteiger partial charge in [0.2, 0.25) is 0 Å². The van der Waals surface area contributed by atoms with Gasteiger partial charge in [0, 0.05) is 0 Å². The summed E-state index contributed by atoms with van der Waals surface area (Å²) in [5.74, 6) is -1.28. The van der Waals surface area contributed by atoms with Gasteiger partial charge >= 0.3 is 5.97 Å². The van der Waals surface area contributed by atoms with Crippen molar-refractivity contribution in [3.63, 3.8) is 0 Å². The monoisotopic (exact) mass is 284 g/mol. The van der Waals surface area contributed by atoms with Crippen LogP contribution in [0.4, 0.5) is 0 Å². The van der Waals surface area contributed by atoms with Crippen LogP contribution in [-0.2, 0) is 14.6 Å². The number of carboxylic acid groups (broad SMARTS) is 1. The Balaban J connectivity index is 3.57. The Kier molecular flexibility index (Phi) is 4.40. The van der Waals surface area contributed by atoms with E-state index in [0.717, 1.165) is 5.56 Å². The maximum absolute atomic E-state index is 12.7. The van der Waals surface area contributed by atoms with Crippen molar-refractivity contribution >= 4 is 15.8 Å². The van der Waals surface area contributed by atoms with Crippen molar-refractivity contribution in [2.45, 2.75) is 50.2 Å². The molecule has 0 amide bonds. The summed E-state index contributed by atoms with van der Waals surface area (Å²) in [5.41, 5.74) is 1.54. The van der Waals surface area contributed by atoms with E-state index in [0.29, 0.717) is 5.56 Å². The predicted octanol–water partition coefficient (Wildman–Crippen LogP) is 2.72. The van der Waals surface area contributed by atoms with Crippen molar-refractivity contribution in [3.8, 4) is 0 Å². The van der Waals surface area contributed by atoms with Gasteiger partial charge in [0.25, 0.3) is 0 Å². The zero-order chi connectivity index (χ0) is 14.8. The SMILES string of the molecule is CCC(CC)(C(=O)O)S(=O)(=O)c1ccc(C)cc1C. The van der Waals surface area contributed by atoms with E-state index in [4.69, 9.17) is 0 Å². The van der Waals surface area contributed by atoms with Crippen LogP contribution in [-0.4, -0.2) is 24.2 Å². The smallest absolute Gasteiger partial charge is 0.325 e. The molecule has 0 atom stereocenters. The maximum atomic E-state index is 12.7. The number of hydrogen-bond acceptors (Lipinski definition) is 3. The van der Waals surface area contributed by atoms with Crippen molar-refractivity contribution < 1.29 is 18.3 Å². The number of carbonyl (C=O) groups is 1. The lowest BCUT2D eigenvalue weighted by Gasteiger charge is -2.27. The van der Waals surface area contributed by atoms with Crippen molar-refractivity contribution in [2.75, 3.05) is 0 Å². The summed E-state index contributed by atoms with van der Waals surface area (Å²) in [7, 11) is -3.91. The van der Waals surface area contributed by atoms with Crippen molar-refractivity contribution in [2.24, 2.45) is 0 Å². The molecule has 1 N–H and O–H groups in total. The van der Waals surface area contributed by atoms with Crippen molar-refractivity contribution in [1.82, 2.24) is 0 Å². The average molecular weight is 284 g/mol. The minimum absolute atomic E-state index is 0.0501. The lowest BCUT2D eigenvalue weighted by atomic mass is 10.0. The van der Waals surface area contributed by atoms with Crippen LogP contribution in [0.15, 0.2) is 23.1 Å². The van der Waals surface area contributed by atoms with Gasteiger partial charge in [0.05, 0.1) is 4.90 Å². The number of carboxylic acids is 1. The van der Waals surface area contributed by atoms with Gasteiger partial charge in [-0.2, -0.15) is 0 Å². The van der Waals surface area contributed by atoms with Gasteiger partial charge in [-0.05, 0) is 38.3 Å². The molecule has 0 aliphatic rings. The van der Waals surface area contributed by atoms with E-state index in [-0.39, 0.29) is 17.7 Å². The van der Waals surface area contributed by atoms with E-state index in [1.165, 1.54) is 6.07 Å². The van der Waals surface area contributed by atoms with Gasteiger partial charge in [0.15, 0.2) is 14.6 Å². The Morgan fingerprint density at radius 1 is 1.21 bits per heavy atom. The number of sulfone groups is 1. The molecule has 0 aromatic heterocycles. The minimum atomic E-state index is -3.91. The first-order valence-corrected chi connectivity index (χ1v) is 7.76. The van der Waals surface area contributed by atoms with E-state index in [1.54, 1.807) is 32.9 Å². The van der Waals surface area contributed by atoms with Crippen molar-refractivity contribution in [3.05, 3.63) is 29.3 Å². The second kappa shape index (κ2) is 5.33. The molecule has 0 spiro atoms. The predicted molar refractivity (Wildman–Crippen MR) is 74.1 cm³/mol. The van der Waals surface area contributed by atoms with Gasteiger partial charge in [-0.25, -0.2) is 8.42 Å². The molecule has 0 bridgehead atoms. The van der Waals surface area contributed by atoms with Gasteiger partial charge in [0.1, 0.15) is 0 Å². The maximum Gasteiger partial charge on any atom is 0.325 e. The molecule has 0 fully saturated rings. The van der Waals surface area contributed by atoms with E-state index >= 15 is 0 Å². The van der Waals surface area contributed by atoms with Crippen molar-refractivity contribution in [1.29, 1.82) is 0 Å². The quantitative estimate of drug-likeness (QED) is 0.902. The highest BCUT2D eigenvalue weighted by molar-refractivity contribution is 7.93. The van der Waals surface area contributed by atoms with Crippen LogP contribution in [0.3, 0.4) is 0 Å². The lowest BCUT2D eigenvalue weighted by Crippen LogP contribution is -2.45. The fourth-order valence-corrected chi connectivity index (χ4v) is 4.50. The molecule has 0 radical (unpaired) electrons. The molecular formula is C14H20O4S.